The number of fused-ring (bicyclic) bond motifs is 1. The van der Waals surface area contributed by atoms with Crippen LogP contribution in [-0.2, 0) is 7.05 Å². The van der Waals surface area contributed by atoms with Crippen LogP contribution in [-0.4, -0.2) is 10.5 Å². The van der Waals surface area contributed by atoms with E-state index in [1.165, 1.54) is 10.6 Å². The van der Waals surface area contributed by atoms with E-state index in [9.17, 15) is 9.59 Å². The van der Waals surface area contributed by atoms with Gasteiger partial charge in [0.25, 0.3) is 11.5 Å². The zero-order valence-corrected chi connectivity index (χ0v) is 8.23. The van der Waals surface area contributed by atoms with E-state index in [0.29, 0.717) is 0 Å². The Kier molecular flexibility index (Phi) is 2.04. The second-order valence-corrected chi connectivity index (χ2v) is 3.35. The summed E-state index contributed by atoms with van der Waals surface area (Å²) in [6.07, 6.45) is 0. The number of nitrogens with two attached hydrogens (primary N) is 1. The average molecular weight is 202 g/mol. The molecule has 2 N–H and O–H groups in total. The van der Waals surface area contributed by atoms with Crippen LogP contribution in [0.5, 0.6) is 0 Å². The topological polar surface area (TPSA) is 65.1 Å². The van der Waals surface area contributed by atoms with Crippen LogP contribution < -0.4 is 11.3 Å². The van der Waals surface area contributed by atoms with Crippen molar-refractivity contribution in [1.29, 1.82) is 0 Å². The van der Waals surface area contributed by atoms with Crippen LogP contribution in [0.3, 0.4) is 0 Å². The zero-order valence-electron chi connectivity index (χ0n) is 8.23. The van der Waals surface area contributed by atoms with Gasteiger partial charge in [-0.2, -0.15) is 0 Å². The minimum Gasteiger partial charge on any atom is -0.365 e. The lowest BCUT2D eigenvalue weighted by Gasteiger charge is -2.05. The third-order valence-corrected chi connectivity index (χ3v) is 2.40. The van der Waals surface area contributed by atoms with Gasteiger partial charge in [0, 0.05) is 7.05 Å². The monoisotopic (exact) mass is 202 g/mol. The number of pyridine rings is 1. The van der Waals surface area contributed by atoms with Crippen molar-refractivity contribution in [3.05, 3.63) is 46.2 Å². The van der Waals surface area contributed by atoms with Crippen molar-refractivity contribution in [3.63, 3.8) is 0 Å². The van der Waals surface area contributed by atoms with Gasteiger partial charge in [0.1, 0.15) is 5.56 Å². The average Bonchev–Trinajstić information content (AvgIpc) is 2.23. The van der Waals surface area contributed by atoms with Gasteiger partial charge in [0.2, 0.25) is 0 Å². The molecule has 4 nitrogen and oxygen atoms in total. The summed E-state index contributed by atoms with van der Waals surface area (Å²) < 4.78 is 1.43. The summed E-state index contributed by atoms with van der Waals surface area (Å²) in [7, 11) is 1.62. The Balaban J connectivity index is 2.95. The SMILES string of the molecule is Cn1c(=O)c(C(N)=O)cc2ccccc21. The van der Waals surface area contributed by atoms with Crippen molar-refractivity contribution in [2.75, 3.05) is 0 Å². The molecule has 0 spiro atoms. The van der Waals surface area contributed by atoms with Crippen LogP contribution in [0, 0.1) is 0 Å². The zero-order chi connectivity index (χ0) is 11.0. The summed E-state index contributed by atoms with van der Waals surface area (Å²) >= 11 is 0. The lowest BCUT2D eigenvalue weighted by atomic mass is 10.1. The van der Waals surface area contributed by atoms with Crippen LogP contribution in [0.2, 0.25) is 0 Å². The second-order valence-electron chi connectivity index (χ2n) is 3.35. The van der Waals surface area contributed by atoms with Crippen LogP contribution in [0.25, 0.3) is 10.9 Å². The van der Waals surface area contributed by atoms with E-state index < -0.39 is 5.91 Å². The molecule has 4 heteroatoms. The molecule has 0 fully saturated rings. The molecule has 1 aromatic heterocycles. The maximum Gasteiger partial charge on any atom is 0.263 e. The Morgan fingerprint density at radius 2 is 2.00 bits per heavy atom. The molecule has 15 heavy (non-hydrogen) atoms. The van der Waals surface area contributed by atoms with Gasteiger partial charge in [-0.1, -0.05) is 18.2 Å². The number of carbonyl (C=O) groups is 1. The van der Waals surface area contributed by atoms with Crippen LogP contribution in [0.1, 0.15) is 10.4 Å². The highest BCUT2D eigenvalue weighted by Gasteiger charge is 2.10. The lowest BCUT2D eigenvalue weighted by Crippen LogP contribution is -2.28. The van der Waals surface area contributed by atoms with Crippen LogP contribution in [0.4, 0.5) is 0 Å². The summed E-state index contributed by atoms with van der Waals surface area (Å²) in [6.45, 7) is 0. The number of hydrogen-bond donors (Lipinski definition) is 1. The Morgan fingerprint density at radius 3 is 2.67 bits per heavy atom. The molecular formula is C11H10N2O2. The van der Waals surface area contributed by atoms with E-state index in [0.717, 1.165) is 10.9 Å². The number of rotatable bonds is 1. The number of hydrogen-bond acceptors (Lipinski definition) is 2. The molecule has 1 heterocycles. The number of benzene rings is 1. The third kappa shape index (κ3) is 1.40. The summed E-state index contributed by atoms with van der Waals surface area (Å²) in [6, 6.07) is 8.87. The number of para-hydroxylation sites is 1. The quantitative estimate of drug-likeness (QED) is 0.737. The molecule has 2 aromatic rings. The molecule has 0 aliphatic rings. The Bertz CT molecular complexity index is 599. The summed E-state index contributed by atoms with van der Waals surface area (Å²) in [5.74, 6) is -0.693. The van der Waals surface area contributed by atoms with Gasteiger partial charge in [-0.3, -0.25) is 9.59 Å². The first kappa shape index (κ1) is 9.45. The molecule has 0 saturated carbocycles. The van der Waals surface area contributed by atoms with Crippen molar-refractivity contribution in [2.45, 2.75) is 0 Å². The third-order valence-electron chi connectivity index (χ3n) is 2.40. The normalized spacial score (nSPS) is 10.5. The maximum absolute atomic E-state index is 11.7. The number of aromatic nitrogens is 1. The number of amides is 1. The van der Waals surface area contributed by atoms with E-state index in [1.807, 2.05) is 24.3 Å². The first-order valence-corrected chi connectivity index (χ1v) is 4.50. The summed E-state index contributed by atoms with van der Waals surface area (Å²) in [4.78, 5) is 22.7. The molecule has 0 atom stereocenters. The number of aryl methyl sites for hydroxylation is 1. The molecular weight excluding hydrogens is 192 g/mol. The molecule has 0 aliphatic carbocycles. The molecule has 2 rings (SSSR count). The molecule has 76 valence electrons. The minimum absolute atomic E-state index is 0.0243. The van der Waals surface area contributed by atoms with Crippen molar-refractivity contribution in [3.8, 4) is 0 Å². The first-order valence-electron chi connectivity index (χ1n) is 4.50. The van der Waals surface area contributed by atoms with Crippen LogP contribution in [0.15, 0.2) is 35.1 Å². The largest absolute Gasteiger partial charge is 0.365 e. The fourth-order valence-electron chi connectivity index (χ4n) is 1.60. The number of carbonyl (C=O) groups excluding carboxylic acids is 1. The lowest BCUT2D eigenvalue weighted by molar-refractivity contribution is 0.0998. The fraction of sp³-hybridized carbons (Fsp3) is 0.0909. The molecule has 1 amide bonds. The van der Waals surface area contributed by atoms with Gasteiger partial charge in [-0.15, -0.1) is 0 Å². The fourth-order valence-corrected chi connectivity index (χ4v) is 1.60. The van der Waals surface area contributed by atoms with E-state index in [2.05, 4.69) is 0 Å². The highest BCUT2D eigenvalue weighted by Crippen LogP contribution is 2.11. The molecule has 0 radical (unpaired) electrons. The van der Waals surface area contributed by atoms with E-state index in [4.69, 9.17) is 5.73 Å². The first-order chi connectivity index (χ1) is 7.11. The van der Waals surface area contributed by atoms with Gasteiger partial charge in [-0.05, 0) is 17.5 Å². The Labute approximate surface area is 85.9 Å². The highest BCUT2D eigenvalue weighted by molar-refractivity contribution is 5.96. The van der Waals surface area contributed by atoms with E-state index in [1.54, 1.807) is 7.05 Å². The van der Waals surface area contributed by atoms with Gasteiger partial charge < -0.3 is 10.3 Å². The van der Waals surface area contributed by atoms with Gasteiger partial charge in [0.15, 0.2) is 0 Å². The molecule has 1 aromatic carbocycles. The number of primary amides is 1. The van der Waals surface area contributed by atoms with Gasteiger partial charge in [-0.25, -0.2) is 0 Å². The predicted molar refractivity (Wildman–Crippen MR) is 57.7 cm³/mol. The Morgan fingerprint density at radius 1 is 1.33 bits per heavy atom. The second kappa shape index (κ2) is 3.24. The standard InChI is InChI=1S/C11H10N2O2/c1-13-9-5-3-2-4-7(9)6-8(10(12)14)11(13)15/h2-6H,1H3,(H2,12,14). The van der Waals surface area contributed by atoms with Crippen molar-refractivity contribution < 1.29 is 4.79 Å². The molecule has 0 aliphatic heterocycles. The van der Waals surface area contributed by atoms with E-state index >= 15 is 0 Å². The van der Waals surface area contributed by atoms with Crippen molar-refractivity contribution in [2.24, 2.45) is 12.8 Å². The molecule has 0 saturated heterocycles. The van der Waals surface area contributed by atoms with Crippen molar-refractivity contribution >= 4 is 16.8 Å². The Hall–Kier alpha value is -2.10. The smallest absolute Gasteiger partial charge is 0.263 e. The van der Waals surface area contributed by atoms with Crippen molar-refractivity contribution in [1.82, 2.24) is 4.57 Å². The highest BCUT2D eigenvalue weighted by atomic mass is 16.2. The maximum atomic E-state index is 11.7. The molecule has 0 unspecified atom stereocenters. The molecule has 0 bridgehead atoms. The predicted octanol–water partition coefficient (Wildman–Crippen LogP) is 0.637. The summed E-state index contributed by atoms with van der Waals surface area (Å²) in [5.41, 5.74) is 5.57. The number of nitrogens with zero attached hydrogens (tertiary/aromatic N) is 1. The van der Waals surface area contributed by atoms with Gasteiger partial charge >= 0.3 is 0 Å². The van der Waals surface area contributed by atoms with Crippen LogP contribution >= 0.6 is 0 Å². The minimum atomic E-state index is -0.693. The van der Waals surface area contributed by atoms with Gasteiger partial charge in [0.05, 0.1) is 5.52 Å². The van der Waals surface area contributed by atoms with E-state index in [-0.39, 0.29) is 11.1 Å². The summed E-state index contributed by atoms with van der Waals surface area (Å²) in [5, 5.41) is 0.827.